The van der Waals surface area contributed by atoms with Crippen LogP contribution < -0.4 is 5.32 Å². The van der Waals surface area contributed by atoms with Crippen LogP contribution in [0.4, 0.5) is 5.69 Å². The predicted octanol–water partition coefficient (Wildman–Crippen LogP) is 3.73. The molecule has 1 aromatic carbocycles. The molecule has 0 bridgehead atoms. The molecule has 2 heterocycles. The summed E-state index contributed by atoms with van der Waals surface area (Å²) in [4.78, 5) is 38.5. The fourth-order valence-corrected chi connectivity index (χ4v) is 3.23. The van der Waals surface area contributed by atoms with Crippen LogP contribution in [-0.4, -0.2) is 42.4 Å². The number of nitrogens with one attached hydrogen (secondary N) is 1. The Kier molecular flexibility index (Phi) is 7.05. The molecule has 1 saturated heterocycles. The number of hydrogen-bond donors (Lipinski definition) is 1. The minimum atomic E-state index is -0.357. The van der Waals surface area contributed by atoms with Crippen LogP contribution in [0.3, 0.4) is 0 Å². The molecule has 1 aromatic heterocycles. The van der Waals surface area contributed by atoms with Crippen molar-refractivity contribution in [3.05, 3.63) is 54.0 Å². The number of ether oxygens (including phenoxy) is 1. The number of nitrogens with zero attached hydrogens (tertiary/aromatic N) is 1. The van der Waals surface area contributed by atoms with Crippen molar-refractivity contribution < 1.29 is 23.5 Å². The molecular formula is C22H26N2O5. The van der Waals surface area contributed by atoms with Crippen LogP contribution in [0.5, 0.6) is 0 Å². The van der Waals surface area contributed by atoms with Gasteiger partial charge in [-0.15, -0.1) is 0 Å². The van der Waals surface area contributed by atoms with Crippen LogP contribution in [0.15, 0.2) is 47.1 Å². The van der Waals surface area contributed by atoms with Crippen LogP contribution >= 0.6 is 0 Å². The number of anilines is 1. The van der Waals surface area contributed by atoms with Crippen LogP contribution in [0.2, 0.25) is 0 Å². The molecule has 0 atom stereocenters. The van der Waals surface area contributed by atoms with Gasteiger partial charge < -0.3 is 19.4 Å². The Balaban J connectivity index is 1.47. The van der Waals surface area contributed by atoms with Crippen molar-refractivity contribution in [2.24, 2.45) is 5.92 Å². The van der Waals surface area contributed by atoms with E-state index in [0.29, 0.717) is 49.5 Å². The number of benzene rings is 1. The number of likely N-dealkylation sites (tertiary alicyclic amines) is 1. The van der Waals surface area contributed by atoms with Gasteiger partial charge in [0, 0.05) is 24.7 Å². The average molecular weight is 398 g/mol. The molecule has 1 N–H and O–H groups in total. The lowest BCUT2D eigenvalue weighted by Crippen LogP contribution is -2.41. The van der Waals surface area contributed by atoms with Gasteiger partial charge >= 0.3 is 5.97 Å². The van der Waals surface area contributed by atoms with E-state index in [1.807, 2.05) is 6.92 Å². The Morgan fingerprint density at radius 3 is 2.48 bits per heavy atom. The monoisotopic (exact) mass is 398 g/mol. The molecule has 1 aliphatic rings. The molecule has 0 spiro atoms. The molecular weight excluding hydrogens is 372 g/mol. The summed E-state index contributed by atoms with van der Waals surface area (Å²) >= 11 is 0. The third-order valence-corrected chi connectivity index (χ3v) is 5.00. The first kappa shape index (κ1) is 20.6. The number of esters is 1. The first-order valence-electron chi connectivity index (χ1n) is 9.99. The first-order valence-corrected chi connectivity index (χ1v) is 9.99. The van der Waals surface area contributed by atoms with Gasteiger partial charge in [0.05, 0.1) is 18.4 Å². The number of rotatable bonds is 7. The molecule has 29 heavy (non-hydrogen) atoms. The highest BCUT2D eigenvalue weighted by Crippen LogP contribution is 2.21. The van der Waals surface area contributed by atoms with E-state index in [2.05, 4.69) is 5.32 Å². The quantitative estimate of drug-likeness (QED) is 0.567. The SMILES string of the molecule is CCCCOC(=O)c1ccc(NC(=O)C2CCN(C(=O)c3ccco3)CC2)cc1. The van der Waals surface area contributed by atoms with Gasteiger partial charge in [0.15, 0.2) is 5.76 Å². The lowest BCUT2D eigenvalue weighted by Gasteiger charge is -2.30. The molecule has 2 aromatic rings. The molecule has 0 aliphatic carbocycles. The summed E-state index contributed by atoms with van der Waals surface area (Å²) in [5.41, 5.74) is 1.10. The van der Waals surface area contributed by atoms with Gasteiger partial charge in [-0.05, 0) is 55.7 Å². The Morgan fingerprint density at radius 1 is 1.14 bits per heavy atom. The van der Waals surface area contributed by atoms with E-state index in [4.69, 9.17) is 9.15 Å². The number of piperidine rings is 1. The Morgan fingerprint density at radius 2 is 1.86 bits per heavy atom. The second-order valence-electron chi connectivity index (χ2n) is 7.10. The van der Waals surface area contributed by atoms with Crippen molar-refractivity contribution >= 4 is 23.5 Å². The van der Waals surface area contributed by atoms with E-state index in [9.17, 15) is 14.4 Å². The van der Waals surface area contributed by atoms with Gasteiger partial charge in [-0.25, -0.2) is 4.79 Å². The summed E-state index contributed by atoms with van der Waals surface area (Å²) in [7, 11) is 0. The van der Waals surface area contributed by atoms with E-state index in [1.165, 1.54) is 6.26 Å². The summed E-state index contributed by atoms with van der Waals surface area (Å²) in [6.45, 7) is 3.47. The Hall–Kier alpha value is -3.09. The van der Waals surface area contributed by atoms with Gasteiger partial charge in [-0.3, -0.25) is 9.59 Å². The minimum absolute atomic E-state index is 0.0756. The molecule has 1 fully saturated rings. The highest BCUT2D eigenvalue weighted by molar-refractivity contribution is 5.95. The molecule has 0 radical (unpaired) electrons. The van der Waals surface area contributed by atoms with Gasteiger partial charge in [-0.1, -0.05) is 13.3 Å². The molecule has 0 saturated carbocycles. The second kappa shape index (κ2) is 9.91. The first-order chi connectivity index (χ1) is 14.1. The predicted molar refractivity (Wildman–Crippen MR) is 108 cm³/mol. The standard InChI is InChI=1S/C22H26N2O5/c1-2-3-14-29-22(27)17-6-8-18(9-7-17)23-20(25)16-10-12-24(13-11-16)21(26)19-5-4-15-28-19/h4-9,15-16H,2-3,10-14H2,1H3,(H,23,25). The normalized spacial score (nSPS) is 14.4. The number of furan rings is 1. The van der Waals surface area contributed by atoms with Crippen LogP contribution in [0.25, 0.3) is 0 Å². The van der Waals surface area contributed by atoms with E-state index >= 15 is 0 Å². The molecule has 7 nitrogen and oxygen atoms in total. The molecule has 0 unspecified atom stereocenters. The summed E-state index contributed by atoms with van der Waals surface area (Å²) in [5, 5.41) is 2.89. The smallest absolute Gasteiger partial charge is 0.338 e. The zero-order chi connectivity index (χ0) is 20.6. The maximum absolute atomic E-state index is 12.5. The fourth-order valence-electron chi connectivity index (χ4n) is 3.23. The third kappa shape index (κ3) is 5.47. The molecule has 3 rings (SSSR count). The van der Waals surface area contributed by atoms with Crippen molar-refractivity contribution in [3.63, 3.8) is 0 Å². The average Bonchev–Trinajstić information content (AvgIpc) is 3.29. The van der Waals surface area contributed by atoms with Crippen molar-refractivity contribution in [2.45, 2.75) is 32.6 Å². The number of unbranched alkanes of at least 4 members (excludes halogenated alkanes) is 1. The summed E-state index contributed by atoms with van der Waals surface area (Å²) < 4.78 is 10.3. The van der Waals surface area contributed by atoms with Crippen molar-refractivity contribution in [1.29, 1.82) is 0 Å². The lowest BCUT2D eigenvalue weighted by atomic mass is 9.95. The highest BCUT2D eigenvalue weighted by Gasteiger charge is 2.28. The topological polar surface area (TPSA) is 88.9 Å². The third-order valence-electron chi connectivity index (χ3n) is 5.00. The minimum Gasteiger partial charge on any atom is -0.462 e. The molecule has 1 aliphatic heterocycles. The van der Waals surface area contributed by atoms with Crippen LogP contribution in [0, 0.1) is 5.92 Å². The number of carbonyl (C=O) groups excluding carboxylic acids is 3. The zero-order valence-corrected chi connectivity index (χ0v) is 16.6. The molecule has 154 valence electrons. The van der Waals surface area contributed by atoms with Crippen molar-refractivity contribution in [3.8, 4) is 0 Å². The van der Waals surface area contributed by atoms with E-state index in [1.54, 1.807) is 41.3 Å². The Bertz CT molecular complexity index is 821. The van der Waals surface area contributed by atoms with Gasteiger partial charge in [0.1, 0.15) is 0 Å². The van der Waals surface area contributed by atoms with E-state index in [-0.39, 0.29) is 23.7 Å². The number of amides is 2. The fraction of sp³-hybridized carbons (Fsp3) is 0.409. The highest BCUT2D eigenvalue weighted by atomic mass is 16.5. The van der Waals surface area contributed by atoms with Gasteiger partial charge in [0.25, 0.3) is 5.91 Å². The zero-order valence-electron chi connectivity index (χ0n) is 16.6. The summed E-state index contributed by atoms with van der Waals surface area (Å²) in [6.07, 6.45) is 4.48. The van der Waals surface area contributed by atoms with Crippen LogP contribution in [0.1, 0.15) is 53.5 Å². The summed E-state index contributed by atoms with van der Waals surface area (Å²) in [5.74, 6) is -0.413. The summed E-state index contributed by atoms with van der Waals surface area (Å²) in [6, 6.07) is 10.0. The second-order valence-corrected chi connectivity index (χ2v) is 7.10. The largest absolute Gasteiger partial charge is 0.462 e. The Labute approximate surface area is 170 Å². The molecule has 2 amide bonds. The van der Waals surface area contributed by atoms with E-state index < -0.39 is 0 Å². The van der Waals surface area contributed by atoms with Crippen molar-refractivity contribution in [1.82, 2.24) is 4.90 Å². The number of carbonyl (C=O) groups is 3. The maximum Gasteiger partial charge on any atom is 0.338 e. The van der Waals surface area contributed by atoms with Gasteiger partial charge in [0.2, 0.25) is 5.91 Å². The van der Waals surface area contributed by atoms with E-state index in [0.717, 1.165) is 12.8 Å². The maximum atomic E-state index is 12.5. The van der Waals surface area contributed by atoms with Crippen molar-refractivity contribution in [2.75, 3.05) is 25.0 Å². The molecule has 7 heteroatoms. The number of hydrogen-bond acceptors (Lipinski definition) is 5. The lowest BCUT2D eigenvalue weighted by molar-refractivity contribution is -0.121. The van der Waals surface area contributed by atoms with Crippen LogP contribution in [-0.2, 0) is 9.53 Å². The van der Waals surface area contributed by atoms with Gasteiger partial charge in [-0.2, -0.15) is 0 Å².